The smallest absolute Gasteiger partial charge is 0.414 e. The number of azide groups is 1. The number of nitrogens with two attached hydrogens (primary N) is 1. The molecule has 0 spiro atoms. The molecule has 4 heterocycles. The van der Waals surface area contributed by atoms with Gasteiger partial charge in [0.05, 0.1) is 57.3 Å². The number of benzene rings is 7. The first-order valence-electron chi connectivity index (χ1n) is 44.1. The summed E-state index contributed by atoms with van der Waals surface area (Å²) in [5.41, 5.74) is 26.8. The number of amides is 3. The van der Waals surface area contributed by atoms with E-state index in [1.54, 1.807) is 17.0 Å². The highest BCUT2D eigenvalue weighted by Gasteiger charge is 2.40. The molecule has 130 heavy (non-hydrogen) atoms. The Morgan fingerprint density at radius 2 is 0.831 bits per heavy atom. The fourth-order valence-corrected chi connectivity index (χ4v) is 14.7. The second kappa shape index (κ2) is 55.7. The van der Waals surface area contributed by atoms with E-state index in [0.29, 0.717) is 79.9 Å². The minimum atomic E-state index is -1.71. The Labute approximate surface area is 770 Å². The molecular formula is C97H142N8O22Si3. The third-order valence-corrected chi connectivity index (χ3v) is 36.4. The molecule has 4 saturated heterocycles. The van der Waals surface area contributed by atoms with Gasteiger partial charge in [-0.2, -0.15) is 0 Å². The van der Waals surface area contributed by atoms with Gasteiger partial charge in [0.15, 0.2) is 25.0 Å². The van der Waals surface area contributed by atoms with Crippen molar-refractivity contribution in [2.45, 2.75) is 233 Å². The predicted molar refractivity (Wildman–Crippen MR) is 516 cm³/mol. The Kier molecular flexibility index (Phi) is 48.0. The maximum absolute atomic E-state index is 11.8. The highest BCUT2D eigenvalue weighted by molar-refractivity contribution is 6.75. The molecule has 7 aromatic carbocycles. The van der Waals surface area contributed by atoms with Crippen molar-refractivity contribution in [2.24, 2.45) is 5.11 Å². The molecule has 714 valence electrons. The summed E-state index contributed by atoms with van der Waals surface area (Å²) in [6, 6.07) is 52.8. The number of hydrogen-bond acceptors (Lipinski definition) is 22. The number of aliphatic hydroxyl groups is 4. The van der Waals surface area contributed by atoms with Gasteiger partial charge in [0.2, 0.25) is 0 Å². The topological polar surface area (TPSA) is 429 Å². The van der Waals surface area contributed by atoms with Crippen LogP contribution in [-0.2, 0) is 96.3 Å². The van der Waals surface area contributed by atoms with Crippen LogP contribution >= 0.6 is 0 Å². The van der Waals surface area contributed by atoms with E-state index < -0.39 is 78.4 Å². The second-order valence-electron chi connectivity index (χ2n) is 36.5. The Morgan fingerprint density at radius 1 is 0.492 bits per heavy atom. The number of anilines is 4. The number of hydrogen-bond donors (Lipinski definition) is 7. The molecule has 4 aliphatic heterocycles. The maximum Gasteiger partial charge on any atom is 0.414 e. The molecule has 30 nitrogen and oxygen atoms in total. The molecule has 0 aromatic heterocycles. The van der Waals surface area contributed by atoms with Crippen LogP contribution < -0.4 is 20.4 Å². The van der Waals surface area contributed by atoms with Crippen molar-refractivity contribution in [2.75, 3.05) is 106 Å². The van der Waals surface area contributed by atoms with Crippen LogP contribution in [0.4, 0.5) is 42.8 Å². The summed E-state index contributed by atoms with van der Waals surface area (Å²) in [7, 11) is -4.83. The summed E-state index contributed by atoms with van der Waals surface area (Å²) >= 11 is 0. The third-order valence-electron chi connectivity index (χ3n) is 22.8. The lowest BCUT2D eigenvalue weighted by Crippen LogP contribution is -2.41. The van der Waals surface area contributed by atoms with Crippen molar-refractivity contribution in [1.29, 1.82) is 0 Å². The van der Waals surface area contributed by atoms with Crippen molar-refractivity contribution in [3.05, 3.63) is 240 Å². The number of cyclic esters (lactones) is 3. The molecule has 0 saturated carbocycles. The van der Waals surface area contributed by atoms with Crippen molar-refractivity contribution in [3.8, 4) is 0 Å². The van der Waals surface area contributed by atoms with E-state index in [9.17, 15) is 38.9 Å². The van der Waals surface area contributed by atoms with Crippen molar-refractivity contribution < 1.29 is 101 Å². The summed E-state index contributed by atoms with van der Waals surface area (Å²) in [4.78, 5) is 83.0. The Bertz CT molecular complexity index is 4600. The number of aliphatic hydroxyl groups excluding tert-OH is 4. The maximum atomic E-state index is 11.8. The summed E-state index contributed by atoms with van der Waals surface area (Å²) < 4.78 is 43.4. The number of ether oxygens (including phenoxy) is 5. The molecule has 11 rings (SSSR count). The average Bonchev–Trinajstić information content (AvgIpc) is 1.72. The number of nitro benzene ring substituents is 1. The first-order valence-corrected chi connectivity index (χ1v) is 52.9. The number of nitro groups is 1. The third kappa shape index (κ3) is 42.2. The molecule has 3 amide bonds. The quantitative estimate of drug-likeness (QED) is 0.00168. The number of epoxide rings is 1. The zero-order chi connectivity index (χ0) is 97.0. The van der Waals surface area contributed by atoms with Gasteiger partial charge in [-0.3, -0.25) is 39.2 Å². The van der Waals surface area contributed by atoms with E-state index in [1.165, 1.54) is 61.9 Å². The molecular weight excluding hydrogens is 1710 g/mol. The van der Waals surface area contributed by atoms with E-state index in [0.717, 1.165) is 85.7 Å². The molecule has 4 atom stereocenters. The summed E-state index contributed by atoms with van der Waals surface area (Å²) in [6.07, 6.45) is 4.95. The lowest BCUT2D eigenvalue weighted by atomic mass is 10.1. The minimum Gasteiger partial charge on any atom is -0.481 e. The van der Waals surface area contributed by atoms with Crippen LogP contribution in [0, 0.1) is 24.0 Å². The summed E-state index contributed by atoms with van der Waals surface area (Å²) in [5.74, 6) is -1.83. The zero-order valence-electron chi connectivity index (χ0n) is 79.4. The Hall–Kier alpha value is -10.4. The standard InChI is InChI=1S/C18H29NO4Si.C16H28OSi.C15H26OSi.C12H14N4O3.C12H15NO4.C9H11NO2.C8H7NO4.C7H12O3/c1-18(2,3)24(4,5)22-11-10-14-6-8-15(9-7-14)19-12-16(13-20)23-17(19)21;1-14-9-11-15(12-10-14)8-7-13-17-18(5,6)16(2,3)4;1-13-7-9-14(10-8-13)11-12-16-17(5,6)15(2,3)4;13-15-14-7-11-8-16(12(18)19-11)10-3-1-9(2-4-10)5-6-17;14-6-5-9-1-3-10(4-2-9)13-7-11(8-15)17-12(13)16;10-8-4-1-7(2-5-8)3-6-9(11)12;10-8(11)5-6-1-3-7(4-2-6)9(12)13;1-2-3-7(8)10-5-6-4-9-6/h6-9,16,20H,10-13H2,1-5H3;9-12H,7-8,13H2,1-6H3;7-10H,11-12H2,1-6H3;1-4,11,17H,5-8H2;1-4,11,14-15H,5-8H2;1-2,4-5H,3,6,10H2,(H,11,12);1-4H,5H2,(H,10,11);6H,2-5H2,1H3/t16-;;;2*11-;;;6-/m1..01..1/s1. The molecule has 4 fully saturated rings. The van der Waals surface area contributed by atoms with Crippen LogP contribution in [-0.4, -0.2) is 207 Å². The van der Waals surface area contributed by atoms with Gasteiger partial charge < -0.3 is 73.3 Å². The number of rotatable bonds is 34. The van der Waals surface area contributed by atoms with E-state index in [1.807, 2.05) is 91.9 Å². The molecule has 0 unspecified atom stereocenters. The average molecular weight is 1860 g/mol. The van der Waals surface area contributed by atoms with Crippen LogP contribution in [0.5, 0.6) is 0 Å². The number of aryl methyl sites for hydroxylation is 4. The second-order valence-corrected chi connectivity index (χ2v) is 50.9. The van der Waals surface area contributed by atoms with Crippen molar-refractivity contribution in [1.82, 2.24) is 0 Å². The SMILES string of the molecule is CC(C)(C)[Si](C)(C)OCCc1ccc(N2C[C@H](CO)OC2=O)cc1.CCCC(=O)OC[C@H]1CO1.Cc1ccc(CCCO[Si](C)(C)C(C)(C)C)cc1.Cc1ccc(CCO[Si](C)(C)C(C)(C)C)cc1.Nc1ccc(CCC(=O)O)cc1.O=C(O)Cc1ccc([N+](=O)[O-])cc1.O=C1O[C@@H](CO)CN1c1ccc(CCO)cc1.[N-]=[N+]=NC[C@H]1CN(c2ccc(CCO)cc2)C(=O)O1. The molecule has 8 N–H and O–H groups in total. The van der Waals surface area contributed by atoms with Gasteiger partial charge in [0.25, 0.3) is 5.69 Å². The molecule has 7 aromatic rings. The lowest BCUT2D eigenvalue weighted by Gasteiger charge is -2.36. The summed E-state index contributed by atoms with van der Waals surface area (Å²) in [6.45, 7) is 45.2. The largest absolute Gasteiger partial charge is 0.481 e. The fraction of sp³-hybridized carbons (Fsp3) is 0.505. The van der Waals surface area contributed by atoms with Crippen molar-refractivity contribution >= 4 is 89.6 Å². The zero-order valence-corrected chi connectivity index (χ0v) is 82.4. The van der Waals surface area contributed by atoms with E-state index in [2.05, 4.69) is 174 Å². The monoisotopic (exact) mass is 1850 g/mol. The molecule has 4 aliphatic rings. The number of aliphatic carboxylic acids is 2. The van der Waals surface area contributed by atoms with Gasteiger partial charge in [-0.05, 0) is 213 Å². The van der Waals surface area contributed by atoms with Crippen LogP contribution in [0.1, 0.15) is 145 Å². The van der Waals surface area contributed by atoms with Gasteiger partial charge in [0, 0.05) is 85.7 Å². The number of esters is 1. The normalized spacial score (nSPS) is 15.7. The van der Waals surface area contributed by atoms with E-state index >= 15 is 0 Å². The number of non-ortho nitro benzene ring substituents is 1. The number of carboxylic acids is 2. The van der Waals surface area contributed by atoms with E-state index in [4.69, 9.17) is 78.9 Å². The number of carbonyl (C=O) groups excluding carboxylic acids is 4. The molecule has 0 radical (unpaired) electrons. The highest BCUT2D eigenvalue weighted by Crippen LogP contribution is 2.39. The predicted octanol–water partition coefficient (Wildman–Crippen LogP) is 18.7. The van der Waals surface area contributed by atoms with Crippen LogP contribution in [0.3, 0.4) is 0 Å². The number of carboxylic acid groups (broad SMARTS) is 2. The minimum absolute atomic E-state index is 0.0332. The van der Waals surface area contributed by atoms with Crippen molar-refractivity contribution in [3.63, 3.8) is 0 Å². The first-order chi connectivity index (χ1) is 61.2. The lowest BCUT2D eigenvalue weighted by molar-refractivity contribution is -0.384. The molecule has 0 bridgehead atoms. The number of carbonyl (C=O) groups is 6. The van der Waals surface area contributed by atoms with E-state index in [-0.39, 0.29) is 68.6 Å². The number of nitrogen functional groups attached to an aromatic ring is 1. The van der Waals surface area contributed by atoms with Crippen LogP contribution in [0.2, 0.25) is 54.4 Å². The van der Waals surface area contributed by atoms with Gasteiger partial charge in [-0.25, -0.2) is 14.4 Å². The van der Waals surface area contributed by atoms with Gasteiger partial charge in [-0.15, -0.1) is 0 Å². The Balaban J connectivity index is 0.000000315. The van der Waals surface area contributed by atoms with Gasteiger partial charge in [0.1, 0.15) is 31.0 Å². The summed E-state index contributed by atoms with van der Waals surface area (Å²) in [5, 5.41) is 66.9. The van der Waals surface area contributed by atoms with Gasteiger partial charge >= 0.3 is 36.2 Å². The molecule has 0 aliphatic carbocycles. The first kappa shape index (κ1) is 112. The number of nitrogens with zero attached hydrogens (tertiary/aromatic N) is 7. The van der Waals surface area contributed by atoms with Crippen LogP contribution in [0.25, 0.3) is 10.4 Å². The Morgan fingerprint density at radius 3 is 1.16 bits per heavy atom. The fourth-order valence-electron chi connectivity index (χ4n) is 11.5. The molecule has 33 heteroatoms. The highest BCUT2D eigenvalue weighted by atomic mass is 28.4. The van der Waals surface area contributed by atoms with Crippen LogP contribution in [0.15, 0.2) is 175 Å². The van der Waals surface area contributed by atoms with Gasteiger partial charge in [-0.1, -0.05) is 195 Å².